The Morgan fingerprint density at radius 3 is 2.05 bits per heavy atom. The number of phenols is 1. The summed E-state index contributed by atoms with van der Waals surface area (Å²) in [6.07, 6.45) is 1.53. The summed E-state index contributed by atoms with van der Waals surface area (Å²) in [5.41, 5.74) is 1.21. The maximum Gasteiger partial charge on any atom is 0.161 e. The normalized spacial score (nSPS) is 8.89. The monoisotopic (exact) mass is 258 g/mol. The minimum absolute atomic E-state index is 0.0399. The third-order valence-electron chi connectivity index (χ3n) is 2.28. The smallest absolute Gasteiger partial charge is 0.161 e. The van der Waals surface area contributed by atoms with E-state index in [1.807, 2.05) is 18.2 Å². The molecule has 2 aromatic rings. The van der Waals surface area contributed by atoms with E-state index in [0.29, 0.717) is 17.6 Å². The highest BCUT2D eigenvalue weighted by Gasteiger charge is 2.00. The Morgan fingerprint density at radius 2 is 1.58 bits per heavy atom. The number of ether oxygens (including phenoxy) is 1. The first-order valence-electron chi connectivity index (χ1n) is 5.53. The van der Waals surface area contributed by atoms with Crippen LogP contribution < -0.4 is 4.74 Å². The SMILES string of the molecule is COc1cc(C=O)ccc1O.O=Cc1ccccc1. The van der Waals surface area contributed by atoms with Gasteiger partial charge in [-0.05, 0) is 18.2 Å². The van der Waals surface area contributed by atoms with Gasteiger partial charge in [0, 0.05) is 11.1 Å². The van der Waals surface area contributed by atoms with Crippen LogP contribution in [0.1, 0.15) is 20.7 Å². The van der Waals surface area contributed by atoms with E-state index in [-0.39, 0.29) is 5.75 Å². The number of phenolic OH excluding ortho intramolecular Hbond substituents is 1. The second-order valence-electron chi connectivity index (χ2n) is 3.58. The summed E-state index contributed by atoms with van der Waals surface area (Å²) >= 11 is 0. The van der Waals surface area contributed by atoms with Crippen molar-refractivity contribution in [1.82, 2.24) is 0 Å². The lowest BCUT2D eigenvalue weighted by molar-refractivity contribution is 0.111. The molecule has 0 unspecified atom stereocenters. The standard InChI is InChI=1S/C8H8O3.C7H6O/c1-11-8-4-6(5-9)2-3-7(8)10;8-6-7-4-2-1-3-5-7/h2-5,10H,1H3;1-6H. The van der Waals surface area contributed by atoms with E-state index in [2.05, 4.69) is 0 Å². The molecule has 4 nitrogen and oxygen atoms in total. The summed E-state index contributed by atoms with van der Waals surface area (Å²) in [7, 11) is 1.43. The van der Waals surface area contributed by atoms with Crippen molar-refractivity contribution in [2.75, 3.05) is 7.11 Å². The Bertz CT molecular complexity index is 535. The molecule has 4 heteroatoms. The van der Waals surface area contributed by atoms with Gasteiger partial charge in [0.1, 0.15) is 12.6 Å². The van der Waals surface area contributed by atoms with Gasteiger partial charge in [-0.25, -0.2) is 0 Å². The van der Waals surface area contributed by atoms with Crippen molar-refractivity contribution in [3.05, 3.63) is 59.7 Å². The van der Waals surface area contributed by atoms with Crippen molar-refractivity contribution in [2.45, 2.75) is 0 Å². The fraction of sp³-hybridized carbons (Fsp3) is 0.0667. The van der Waals surface area contributed by atoms with E-state index in [1.165, 1.54) is 25.3 Å². The first-order chi connectivity index (χ1) is 9.21. The molecule has 0 amide bonds. The minimum atomic E-state index is 0.0399. The average Bonchev–Trinajstić information content (AvgIpc) is 2.49. The average molecular weight is 258 g/mol. The first kappa shape index (κ1) is 14.4. The Kier molecular flexibility index (Phi) is 5.82. The third kappa shape index (κ3) is 4.63. The molecule has 0 bridgehead atoms. The highest BCUT2D eigenvalue weighted by Crippen LogP contribution is 2.25. The molecule has 0 saturated carbocycles. The van der Waals surface area contributed by atoms with Crippen LogP contribution >= 0.6 is 0 Å². The molecule has 0 aliphatic carbocycles. The van der Waals surface area contributed by atoms with Crippen LogP contribution in [0.4, 0.5) is 0 Å². The molecular formula is C15H14O4. The predicted molar refractivity (Wildman–Crippen MR) is 71.9 cm³/mol. The first-order valence-corrected chi connectivity index (χ1v) is 5.53. The summed E-state index contributed by atoms with van der Waals surface area (Å²) in [5, 5.41) is 9.09. The number of hydrogen-bond acceptors (Lipinski definition) is 4. The Morgan fingerprint density at radius 1 is 0.947 bits per heavy atom. The van der Waals surface area contributed by atoms with E-state index < -0.39 is 0 Å². The number of aromatic hydroxyl groups is 1. The molecule has 0 aromatic heterocycles. The molecule has 0 aliphatic heterocycles. The quantitative estimate of drug-likeness (QED) is 0.860. The molecule has 0 aliphatic rings. The van der Waals surface area contributed by atoms with Crippen LogP contribution in [0.2, 0.25) is 0 Å². The molecule has 0 heterocycles. The topological polar surface area (TPSA) is 63.6 Å². The van der Waals surface area contributed by atoms with Gasteiger partial charge in [-0.1, -0.05) is 30.3 Å². The molecule has 0 saturated heterocycles. The summed E-state index contributed by atoms with van der Waals surface area (Å²) in [5.74, 6) is 0.354. The van der Waals surface area contributed by atoms with E-state index >= 15 is 0 Å². The molecule has 2 rings (SSSR count). The zero-order chi connectivity index (χ0) is 14.1. The third-order valence-corrected chi connectivity index (χ3v) is 2.28. The van der Waals surface area contributed by atoms with Crippen molar-refractivity contribution < 1.29 is 19.4 Å². The van der Waals surface area contributed by atoms with Crippen LogP contribution in [0.15, 0.2) is 48.5 Å². The molecule has 0 spiro atoms. The van der Waals surface area contributed by atoms with Crippen molar-refractivity contribution in [1.29, 1.82) is 0 Å². The second-order valence-corrected chi connectivity index (χ2v) is 3.58. The number of methoxy groups -OCH3 is 1. The zero-order valence-electron chi connectivity index (χ0n) is 10.4. The molecule has 0 fully saturated rings. The van der Waals surface area contributed by atoms with Crippen molar-refractivity contribution in [3.63, 3.8) is 0 Å². The molecule has 0 atom stereocenters. The number of aldehydes is 2. The van der Waals surface area contributed by atoms with E-state index in [9.17, 15) is 9.59 Å². The lowest BCUT2D eigenvalue weighted by Gasteiger charge is -2.01. The lowest BCUT2D eigenvalue weighted by Crippen LogP contribution is -1.85. The molecule has 98 valence electrons. The van der Waals surface area contributed by atoms with E-state index in [1.54, 1.807) is 12.1 Å². The molecular weight excluding hydrogens is 244 g/mol. The number of hydrogen-bond donors (Lipinski definition) is 1. The number of carbonyl (C=O) groups excluding carboxylic acids is 2. The summed E-state index contributed by atoms with van der Waals surface area (Å²) < 4.78 is 4.78. The van der Waals surface area contributed by atoms with Gasteiger partial charge in [-0.2, -0.15) is 0 Å². The van der Waals surface area contributed by atoms with Gasteiger partial charge in [0.05, 0.1) is 7.11 Å². The minimum Gasteiger partial charge on any atom is -0.504 e. The maximum absolute atomic E-state index is 10.2. The van der Waals surface area contributed by atoms with Crippen molar-refractivity contribution in [2.24, 2.45) is 0 Å². The Labute approximate surface area is 111 Å². The Balaban J connectivity index is 0.000000200. The largest absolute Gasteiger partial charge is 0.504 e. The number of carbonyl (C=O) groups is 2. The zero-order valence-corrected chi connectivity index (χ0v) is 10.4. The molecule has 1 N–H and O–H groups in total. The molecule has 2 aromatic carbocycles. The van der Waals surface area contributed by atoms with Gasteiger partial charge in [0.25, 0.3) is 0 Å². The fourth-order valence-electron chi connectivity index (χ4n) is 1.30. The summed E-state index contributed by atoms with van der Waals surface area (Å²) in [6, 6.07) is 13.5. The van der Waals surface area contributed by atoms with Crippen molar-refractivity contribution in [3.8, 4) is 11.5 Å². The van der Waals surface area contributed by atoms with E-state index in [4.69, 9.17) is 9.84 Å². The van der Waals surface area contributed by atoms with Crippen LogP contribution in [0.5, 0.6) is 11.5 Å². The van der Waals surface area contributed by atoms with Crippen LogP contribution in [-0.2, 0) is 0 Å². The lowest BCUT2D eigenvalue weighted by atomic mass is 10.2. The van der Waals surface area contributed by atoms with Crippen LogP contribution in [-0.4, -0.2) is 24.8 Å². The van der Waals surface area contributed by atoms with Gasteiger partial charge in [0.15, 0.2) is 11.5 Å². The Hall–Kier alpha value is -2.62. The van der Waals surface area contributed by atoms with Crippen LogP contribution in [0, 0.1) is 0 Å². The van der Waals surface area contributed by atoms with Crippen LogP contribution in [0.25, 0.3) is 0 Å². The highest BCUT2D eigenvalue weighted by atomic mass is 16.5. The predicted octanol–water partition coefficient (Wildman–Crippen LogP) is 2.71. The summed E-state index contributed by atoms with van der Waals surface area (Å²) in [4.78, 5) is 20.3. The molecule has 0 radical (unpaired) electrons. The second kappa shape index (κ2) is 7.66. The maximum atomic E-state index is 10.2. The van der Waals surface area contributed by atoms with E-state index in [0.717, 1.165) is 11.8 Å². The summed E-state index contributed by atoms with van der Waals surface area (Å²) in [6.45, 7) is 0. The number of rotatable bonds is 3. The van der Waals surface area contributed by atoms with Gasteiger partial charge < -0.3 is 9.84 Å². The molecule has 19 heavy (non-hydrogen) atoms. The fourth-order valence-corrected chi connectivity index (χ4v) is 1.30. The van der Waals surface area contributed by atoms with Crippen molar-refractivity contribution >= 4 is 12.6 Å². The number of benzene rings is 2. The highest BCUT2D eigenvalue weighted by molar-refractivity contribution is 5.76. The van der Waals surface area contributed by atoms with Gasteiger partial charge in [-0.15, -0.1) is 0 Å². The van der Waals surface area contributed by atoms with Crippen LogP contribution in [0.3, 0.4) is 0 Å². The van der Waals surface area contributed by atoms with Gasteiger partial charge >= 0.3 is 0 Å². The van der Waals surface area contributed by atoms with Gasteiger partial charge in [-0.3, -0.25) is 9.59 Å². The van der Waals surface area contributed by atoms with Gasteiger partial charge in [0.2, 0.25) is 0 Å².